The third-order valence-corrected chi connectivity index (χ3v) is 7.05. The van der Waals surface area contributed by atoms with Crippen molar-refractivity contribution in [1.29, 1.82) is 0 Å². The maximum atomic E-state index is 12.2. The van der Waals surface area contributed by atoms with Crippen molar-refractivity contribution < 1.29 is 9.53 Å². The molecule has 1 aliphatic rings. The molecule has 1 saturated heterocycles. The maximum Gasteiger partial charge on any atom is 0.407 e. The van der Waals surface area contributed by atoms with E-state index in [0.717, 1.165) is 12.8 Å². The summed E-state index contributed by atoms with van der Waals surface area (Å²) in [5, 5.41) is 5.64. The van der Waals surface area contributed by atoms with Gasteiger partial charge in [0, 0.05) is 12.0 Å². The second-order valence-electron chi connectivity index (χ2n) is 9.27. The Kier molecular flexibility index (Phi) is 8.77. The molecule has 3 rings (SSSR count). The van der Waals surface area contributed by atoms with E-state index in [2.05, 4.69) is 66.5 Å². The lowest BCUT2D eigenvalue weighted by atomic mass is 9.67. The van der Waals surface area contributed by atoms with Crippen molar-refractivity contribution >= 4 is 16.9 Å². The van der Waals surface area contributed by atoms with Gasteiger partial charge in [-0.05, 0) is 74.5 Å². The highest BCUT2D eigenvalue weighted by Gasteiger charge is 2.37. The molecule has 0 aliphatic carbocycles. The van der Waals surface area contributed by atoms with E-state index in [9.17, 15) is 4.79 Å². The van der Waals surface area contributed by atoms with Crippen LogP contribution in [-0.2, 0) is 10.2 Å². The number of ether oxygens (including phenoxy) is 1. The van der Waals surface area contributed by atoms with E-state index in [4.69, 9.17) is 4.74 Å². The number of carbonyl (C=O) groups excluding carboxylic acids is 1. The van der Waals surface area contributed by atoms with Gasteiger partial charge in [-0.25, -0.2) is 4.79 Å². The van der Waals surface area contributed by atoms with Crippen LogP contribution in [0.5, 0.6) is 0 Å². The molecule has 0 radical (unpaired) electrons. The number of unbranched alkanes of at least 4 members (excludes halogenated alkanes) is 1. The topological polar surface area (TPSA) is 41.6 Å². The first-order chi connectivity index (χ1) is 15.1. The number of alkyl carbamates (subject to hydrolysis) is 1. The lowest BCUT2D eigenvalue weighted by Gasteiger charge is -2.40. The van der Waals surface area contributed by atoms with Gasteiger partial charge in [-0.1, -0.05) is 69.2 Å². The Labute approximate surface area is 188 Å². The number of carbonyl (C=O) groups is 1. The van der Waals surface area contributed by atoms with Gasteiger partial charge in [-0.3, -0.25) is 0 Å². The van der Waals surface area contributed by atoms with Crippen LogP contribution in [0.3, 0.4) is 0 Å². The standard InChI is InChI=1S/C27H40N2O2/c1-4-31-26(30)28-21-27(22(2)3,17-8-11-20-29-18-9-5-10-19-29)25-16-12-14-23-13-6-7-15-24(23)25/h6-7,12-16,22H,4-5,8-11,17-21H2,1-3H3,(H,28,30). The van der Waals surface area contributed by atoms with Crippen molar-refractivity contribution in [1.82, 2.24) is 10.2 Å². The summed E-state index contributed by atoms with van der Waals surface area (Å²) in [6.45, 7) is 11.1. The van der Waals surface area contributed by atoms with Crippen LogP contribution >= 0.6 is 0 Å². The molecule has 1 amide bonds. The van der Waals surface area contributed by atoms with Crippen LogP contribution in [-0.4, -0.2) is 43.8 Å². The Hall–Kier alpha value is -2.07. The molecule has 1 atom stereocenters. The zero-order valence-corrected chi connectivity index (χ0v) is 19.7. The summed E-state index contributed by atoms with van der Waals surface area (Å²) in [4.78, 5) is 14.8. The van der Waals surface area contributed by atoms with Crippen LogP contribution in [0.4, 0.5) is 4.79 Å². The monoisotopic (exact) mass is 424 g/mol. The smallest absolute Gasteiger partial charge is 0.407 e. The molecule has 2 aromatic rings. The van der Waals surface area contributed by atoms with E-state index in [0.29, 0.717) is 19.1 Å². The Morgan fingerprint density at radius 2 is 1.81 bits per heavy atom. The zero-order chi connectivity index (χ0) is 22.1. The number of piperidine rings is 1. The van der Waals surface area contributed by atoms with Crippen LogP contribution < -0.4 is 5.32 Å². The van der Waals surface area contributed by atoms with E-state index < -0.39 is 0 Å². The minimum absolute atomic E-state index is 0.129. The molecule has 0 spiro atoms. The number of benzene rings is 2. The molecule has 1 aliphatic heterocycles. The summed E-state index contributed by atoms with van der Waals surface area (Å²) in [5.74, 6) is 0.384. The number of nitrogens with one attached hydrogen (secondary N) is 1. The van der Waals surface area contributed by atoms with E-state index in [-0.39, 0.29) is 11.5 Å². The van der Waals surface area contributed by atoms with Gasteiger partial charge in [0.05, 0.1) is 6.61 Å². The van der Waals surface area contributed by atoms with Gasteiger partial charge in [-0.15, -0.1) is 0 Å². The fourth-order valence-corrected chi connectivity index (χ4v) is 5.15. The van der Waals surface area contributed by atoms with Crippen molar-refractivity contribution in [2.75, 3.05) is 32.8 Å². The average Bonchev–Trinajstić information content (AvgIpc) is 2.79. The number of hydrogen-bond donors (Lipinski definition) is 1. The van der Waals surface area contributed by atoms with E-state index >= 15 is 0 Å². The molecular weight excluding hydrogens is 384 g/mol. The first kappa shape index (κ1) is 23.6. The van der Waals surface area contributed by atoms with Crippen molar-refractivity contribution in [2.45, 2.75) is 64.7 Å². The first-order valence-corrected chi connectivity index (χ1v) is 12.2. The van der Waals surface area contributed by atoms with E-state index in [1.54, 1.807) is 0 Å². The normalized spacial score (nSPS) is 16.9. The molecule has 0 bridgehead atoms. The van der Waals surface area contributed by atoms with Crippen LogP contribution in [0.2, 0.25) is 0 Å². The van der Waals surface area contributed by atoms with Crippen LogP contribution in [0.25, 0.3) is 10.8 Å². The van der Waals surface area contributed by atoms with Gasteiger partial charge in [0.2, 0.25) is 0 Å². The van der Waals surface area contributed by atoms with Crippen LogP contribution in [0, 0.1) is 5.92 Å². The number of fused-ring (bicyclic) bond motifs is 1. The molecule has 1 unspecified atom stereocenters. The lowest BCUT2D eigenvalue weighted by Crippen LogP contribution is -2.45. The van der Waals surface area contributed by atoms with Gasteiger partial charge in [0.25, 0.3) is 0 Å². The van der Waals surface area contributed by atoms with Crippen molar-refractivity contribution in [3.8, 4) is 0 Å². The minimum Gasteiger partial charge on any atom is -0.450 e. The summed E-state index contributed by atoms with van der Waals surface area (Å²) in [6.07, 6.45) is 7.17. The number of rotatable bonds is 10. The third kappa shape index (κ3) is 6.00. The molecular formula is C27H40N2O2. The van der Waals surface area contributed by atoms with E-state index in [1.807, 2.05) is 6.92 Å². The molecule has 4 heteroatoms. The van der Waals surface area contributed by atoms with E-state index in [1.165, 1.54) is 61.7 Å². The second kappa shape index (κ2) is 11.5. The third-order valence-electron chi connectivity index (χ3n) is 7.05. The number of hydrogen-bond acceptors (Lipinski definition) is 3. The zero-order valence-electron chi connectivity index (χ0n) is 19.7. The van der Waals surface area contributed by atoms with Crippen LogP contribution in [0.1, 0.15) is 64.9 Å². The summed E-state index contributed by atoms with van der Waals surface area (Å²) in [7, 11) is 0. The molecule has 0 saturated carbocycles. The van der Waals surface area contributed by atoms with Crippen molar-refractivity contribution in [3.05, 3.63) is 48.0 Å². The van der Waals surface area contributed by atoms with Gasteiger partial charge in [0.15, 0.2) is 0 Å². The fraction of sp³-hybridized carbons (Fsp3) is 0.593. The number of amides is 1. The lowest BCUT2D eigenvalue weighted by molar-refractivity contribution is 0.145. The summed E-state index contributed by atoms with van der Waals surface area (Å²) < 4.78 is 5.19. The van der Waals surface area contributed by atoms with Gasteiger partial charge >= 0.3 is 6.09 Å². The molecule has 2 aromatic carbocycles. The van der Waals surface area contributed by atoms with Gasteiger partial charge in [0.1, 0.15) is 0 Å². The van der Waals surface area contributed by atoms with Crippen molar-refractivity contribution in [3.63, 3.8) is 0 Å². The Morgan fingerprint density at radius 1 is 1.06 bits per heavy atom. The van der Waals surface area contributed by atoms with Gasteiger partial charge in [-0.2, -0.15) is 0 Å². The Bertz CT molecular complexity index is 824. The molecule has 1 heterocycles. The van der Waals surface area contributed by atoms with Gasteiger partial charge < -0.3 is 15.0 Å². The predicted molar refractivity (Wildman–Crippen MR) is 130 cm³/mol. The summed E-state index contributed by atoms with van der Waals surface area (Å²) in [6, 6.07) is 15.2. The maximum absolute atomic E-state index is 12.2. The highest BCUT2D eigenvalue weighted by Crippen LogP contribution is 2.40. The number of nitrogens with zero attached hydrogens (tertiary/aromatic N) is 1. The minimum atomic E-state index is -0.318. The average molecular weight is 425 g/mol. The fourth-order valence-electron chi connectivity index (χ4n) is 5.15. The Morgan fingerprint density at radius 3 is 2.55 bits per heavy atom. The summed E-state index contributed by atoms with van der Waals surface area (Å²) >= 11 is 0. The highest BCUT2D eigenvalue weighted by molar-refractivity contribution is 5.86. The molecule has 31 heavy (non-hydrogen) atoms. The predicted octanol–water partition coefficient (Wildman–Crippen LogP) is 6.14. The highest BCUT2D eigenvalue weighted by atomic mass is 16.5. The summed E-state index contributed by atoms with van der Waals surface area (Å²) in [5.41, 5.74) is 1.21. The Balaban J connectivity index is 1.82. The molecule has 1 fully saturated rings. The largest absolute Gasteiger partial charge is 0.450 e. The molecule has 4 nitrogen and oxygen atoms in total. The first-order valence-electron chi connectivity index (χ1n) is 12.2. The quantitative estimate of drug-likeness (QED) is 0.466. The van der Waals surface area contributed by atoms with Crippen molar-refractivity contribution in [2.24, 2.45) is 5.92 Å². The molecule has 0 aromatic heterocycles. The molecule has 1 N–H and O–H groups in total. The number of likely N-dealkylation sites (tertiary alicyclic amines) is 1. The molecule has 170 valence electrons. The second-order valence-corrected chi connectivity index (χ2v) is 9.27. The SMILES string of the molecule is CCOC(=O)NCC(CCCCN1CCCCC1)(c1cccc2ccccc12)C(C)C. The van der Waals surface area contributed by atoms with Crippen LogP contribution in [0.15, 0.2) is 42.5 Å².